The Hall–Kier alpha value is -3.16. The number of benzene rings is 1. The lowest BCUT2D eigenvalue weighted by molar-refractivity contribution is -0.141. The molecule has 0 saturated carbocycles. The smallest absolute Gasteiger partial charge is 0.307 e. The molecule has 2 aromatic heterocycles. The number of nitrogens with one attached hydrogen (secondary N) is 1. The van der Waals surface area contributed by atoms with Gasteiger partial charge in [-0.25, -0.2) is 4.68 Å². The van der Waals surface area contributed by atoms with Crippen LogP contribution in [-0.2, 0) is 12.7 Å². The molecule has 0 saturated heterocycles. The van der Waals surface area contributed by atoms with Crippen molar-refractivity contribution in [3.8, 4) is 0 Å². The average Bonchev–Trinajstić information content (AvgIpc) is 2.94. The highest BCUT2D eigenvalue weighted by Gasteiger charge is 2.32. The van der Waals surface area contributed by atoms with Crippen LogP contribution in [0, 0.1) is 6.92 Å². The van der Waals surface area contributed by atoms with Crippen molar-refractivity contribution in [2.75, 3.05) is 5.32 Å². The van der Waals surface area contributed by atoms with Crippen LogP contribution >= 0.6 is 0 Å². The number of hydrogen-bond acceptors (Lipinski definition) is 3. The number of alkyl halides is 3. The van der Waals surface area contributed by atoms with Crippen molar-refractivity contribution in [3.05, 3.63) is 77.2 Å². The van der Waals surface area contributed by atoms with Crippen molar-refractivity contribution in [2.45, 2.75) is 19.6 Å². The third-order valence-electron chi connectivity index (χ3n) is 3.64. The molecule has 1 N–H and O–H groups in total. The Morgan fingerprint density at radius 2 is 1.88 bits per heavy atom. The number of aryl methyl sites for hydroxylation is 1. The SMILES string of the molecule is Cc1cc(NC(=O)c2ccc(C(F)(F)F)nc2)n(Cc2ccccc2)n1. The number of halogens is 3. The highest BCUT2D eigenvalue weighted by atomic mass is 19.4. The first kappa shape index (κ1) is 17.7. The zero-order valence-electron chi connectivity index (χ0n) is 13.8. The predicted octanol–water partition coefficient (Wildman–Crippen LogP) is 3.91. The van der Waals surface area contributed by atoms with Crippen LogP contribution in [0.5, 0.6) is 0 Å². The zero-order chi connectivity index (χ0) is 18.7. The monoisotopic (exact) mass is 360 g/mol. The molecule has 0 unspecified atom stereocenters. The molecule has 0 fully saturated rings. The molecule has 3 rings (SSSR count). The second-order valence-corrected chi connectivity index (χ2v) is 5.70. The fourth-order valence-electron chi connectivity index (χ4n) is 2.41. The molecule has 0 aliphatic carbocycles. The lowest BCUT2D eigenvalue weighted by Gasteiger charge is -2.10. The maximum Gasteiger partial charge on any atom is 0.433 e. The fraction of sp³-hybridized carbons (Fsp3) is 0.167. The molecule has 5 nitrogen and oxygen atoms in total. The van der Waals surface area contributed by atoms with Gasteiger partial charge in [0.2, 0.25) is 0 Å². The highest BCUT2D eigenvalue weighted by molar-refractivity contribution is 6.03. The molecule has 0 bridgehead atoms. The summed E-state index contributed by atoms with van der Waals surface area (Å²) in [5.41, 5.74) is 0.700. The van der Waals surface area contributed by atoms with Crippen molar-refractivity contribution in [1.29, 1.82) is 0 Å². The number of amides is 1. The summed E-state index contributed by atoms with van der Waals surface area (Å²) < 4.78 is 39.3. The third kappa shape index (κ3) is 4.08. The molecule has 0 atom stereocenters. The quantitative estimate of drug-likeness (QED) is 0.768. The van der Waals surface area contributed by atoms with E-state index in [-0.39, 0.29) is 5.56 Å². The second-order valence-electron chi connectivity index (χ2n) is 5.70. The highest BCUT2D eigenvalue weighted by Crippen LogP contribution is 2.27. The topological polar surface area (TPSA) is 59.8 Å². The molecule has 1 aromatic carbocycles. The standard InChI is InChI=1S/C18H15F3N4O/c1-12-9-16(25(24-12)11-13-5-3-2-4-6-13)23-17(26)14-7-8-15(22-10-14)18(19,20)21/h2-10H,11H2,1H3,(H,23,26). The number of pyridine rings is 1. The Kier molecular flexibility index (Phi) is 4.75. The van der Waals surface area contributed by atoms with E-state index in [4.69, 9.17) is 0 Å². The summed E-state index contributed by atoms with van der Waals surface area (Å²) in [5, 5.41) is 7.00. The molecule has 3 aromatic rings. The van der Waals surface area contributed by atoms with Gasteiger partial charge in [-0.1, -0.05) is 30.3 Å². The minimum absolute atomic E-state index is 0.0307. The number of carbonyl (C=O) groups excluding carboxylic acids is 1. The van der Waals surface area contributed by atoms with Crippen LogP contribution in [-0.4, -0.2) is 20.7 Å². The molecular formula is C18H15F3N4O. The van der Waals surface area contributed by atoms with Crippen molar-refractivity contribution in [1.82, 2.24) is 14.8 Å². The number of hydrogen-bond donors (Lipinski definition) is 1. The minimum Gasteiger partial charge on any atom is -0.307 e. The zero-order valence-corrected chi connectivity index (χ0v) is 13.8. The van der Waals surface area contributed by atoms with Gasteiger partial charge < -0.3 is 5.32 Å². The van der Waals surface area contributed by atoms with E-state index in [1.165, 1.54) is 0 Å². The Balaban J connectivity index is 1.77. The van der Waals surface area contributed by atoms with Crippen LogP contribution < -0.4 is 5.32 Å². The Labute approximate surface area is 147 Å². The molecule has 2 heterocycles. The van der Waals surface area contributed by atoms with Crippen LogP contribution in [0.1, 0.15) is 27.3 Å². The van der Waals surface area contributed by atoms with Gasteiger partial charge in [-0.05, 0) is 24.6 Å². The van der Waals surface area contributed by atoms with E-state index in [0.717, 1.165) is 23.9 Å². The third-order valence-corrected chi connectivity index (χ3v) is 3.64. The van der Waals surface area contributed by atoms with Crippen LogP contribution in [0.2, 0.25) is 0 Å². The summed E-state index contributed by atoms with van der Waals surface area (Å²) in [5.74, 6) is -0.100. The summed E-state index contributed by atoms with van der Waals surface area (Å²) in [4.78, 5) is 15.6. The molecule has 0 spiro atoms. The normalized spacial score (nSPS) is 11.4. The van der Waals surface area contributed by atoms with E-state index in [0.29, 0.717) is 18.1 Å². The number of carbonyl (C=O) groups is 1. The summed E-state index contributed by atoms with van der Waals surface area (Å²) in [6, 6.07) is 13.1. The molecule has 134 valence electrons. The number of aromatic nitrogens is 3. The van der Waals surface area contributed by atoms with Gasteiger partial charge >= 0.3 is 6.18 Å². The maximum absolute atomic E-state index is 12.6. The van der Waals surface area contributed by atoms with Crippen molar-refractivity contribution < 1.29 is 18.0 Å². The van der Waals surface area contributed by atoms with Gasteiger partial charge in [0.25, 0.3) is 5.91 Å². The van der Waals surface area contributed by atoms with E-state index in [1.54, 1.807) is 17.7 Å². The first-order valence-corrected chi connectivity index (χ1v) is 7.76. The van der Waals surface area contributed by atoms with Gasteiger partial charge in [-0.2, -0.15) is 18.3 Å². The van der Waals surface area contributed by atoms with E-state index >= 15 is 0 Å². The molecule has 0 aliphatic heterocycles. The van der Waals surface area contributed by atoms with Gasteiger partial charge in [-0.15, -0.1) is 0 Å². The minimum atomic E-state index is -4.54. The van der Waals surface area contributed by atoms with Crippen LogP contribution in [0.25, 0.3) is 0 Å². The predicted molar refractivity (Wildman–Crippen MR) is 89.7 cm³/mol. The summed E-state index contributed by atoms with van der Waals surface area (Å²) >= 11 is 0. The van der Waals surface area contributed by atoms with Crippen LogP contribution in [0.4, 0.5) is 19.0 Å². The van der Waals surface area contributed by atoms with E-state index in [2.05, 4.69) is 15.4 Å². The number of anilines is 1. The Bertz CT molecular complexity index is 902. The lowest BCUT2D eigenvalue weighted by atomic mass is 10.2. The Morgan fingerprint density at radius 3 is 2.50 bits per heavy atom. The molecule has 8 heteroatoms. The fourth-order valence-corrected chi connectivity index (χ4v) is 2.41. The Morgan fingerprint density at radius 1 is 1.15 bits per heavy atom. The van der Waals surface area contributed by atoms with E-state index in [1.807, 2.05) is 30.3 Å². The summed E-state index contributed by atoms with van der Waals surface area (Å²) in [6.45, 7) is 2.24. The first-order valence-electron chi connectivity index (χ1n) is 7.76. The summed E-state index contributed by atoms with van der Waals surface area (Å²) in [7, 11) is 0. The van der Waals surface area contributed by atoms with Crippen molar-refractivity contribution in [2.24, 2.45) is 0 Å². The molecule has 1 amide bonds. The molecule has 0 radical (unpaired) electrons. The molecule has 0 aliphatic rings. The first-order chi connectivity index (χ1) is 12.3. The lowest BCUT2D eigenvalue weighted by Crippen LogP contribution is -2.17. The number of nitrogens with zero attached hydrogens (tertiary/aromatic N) is 3. The molecular weight excluding hydrogens is 345 g/mol. The van der Waals surface area contributed by atoms with Gasteiger partial charge in [0.05, 0.1) is 17.8 Å². The second kappa shape index (κ2) is 6.99. The van der Waals surface area contributed by atoms with Crippen LogP contribution in [0.15, 0.2) is 54.7 Å². The van der Waals surface area contributed by atoms with E-state index in [9.17, 15) is 18.0 Å². The van der Waals surface area contributed by atoms with Gasteiger partial charge in [0.15, 0.2) is 0 Å². The van der Waals surface area contributed by atoms with Crippen LogP contribution in [0.3, 0.4) is 0 Å². The molecule has 26 heavy (non-hydrogen) atoms. The van der Waals surface area contributed by atoms with Crippen molar-refractivity contribution >= 4 is 11.7 Å². The maximum atomic E-state index is 12.6. The average molecular weight is 360 g/mol. The van der Waals surface area contributed by atoms with Gasteiger partial charge in [0.1, 0.15) is 11.5 Å². The van der Waals surface area contributed by atoms with Gasteiger partial charge in [0, 0.05) is 12.3 Å². The van der Waals surface area contributed by atoms with Gasteiger partial charge in [-0.3, -0.25) is 9.78 Å². The summed E-state index contributed by atoms with van der Waals surface area (Å²) in [6.07, 6.45) is -3.64. The van der Waals surface area contributed by atoms with Crippen molar-refractivity contribution in [3.63, 3.8) is 0 Å². The largest absolute Gasteiger partial charge is 0.433 e. The van der Waals surface area contributed by atoms with E-state index < -0.39 is 17.8 Å². The number of rotatable bonds is 4.